The molecule has 5 heteroatoms. The van der Waals surface area contributed by atoms with Gasteiger partial charge in [-0.15, -0.1) is 0 Å². The second-order valence-corrected chi connectivity index (χ2v) is 7.93. The Morgan fingerprint density at radius 1 is 0.960 bits per heavy atom. The summed E-state index contributed by atoms with van der Waals surface area (Å²) >= 11 is 0. The zero-order valence-corrected chi connectivity index (χ0v) is 15.1. The van der Waals surface area contributed by atoms with Crippen molar-refractivity contribution < 1.29 is 25.2 Å². The summed E-state index contributed by atoms with van der Waals surface area (Å²) in [6.45, 7) is 0. The number of aliphatic carboxylic acids is 1. The minimum absolute atomic E-state index is 0.0428. The first kappa shape index (κ1) is 20.2. The van der Waals surface area contributed by atoms with Crippen LogP contribution < -0.4 is 0 Å². The molecule has 2 aliphatic carbocycles. The van der Waals surface area contributed by atoms with Crippen molar-refractivity contribution in [3.8, 4) is 0 Å². The lowest BCUT2D eigenvalue weighted by Gasteiger charge is -2.21. The number of hydrogen-bond acceptors (Lipinski definition) is 4. The first-order valence-electron chi connectivity index (χ1n) is 9.96. The van der Waals surface area contributed by atoms with Gasteiger partial charge in [0.25, 0.3) is 0 Å². The predicted octanol–water partition coefficient (Wildman–Crippen LogP) is 3.79. The summed E-state index contributed by atoms with van der Waals surface area (Å²) in [7, 11) is 0. The third-order valence-electron chi connectivity index (χ3n) is 6.00. The average Bonchev–Trinajstić information content (AvgIpc) is 3.14. The minimum Gasteiger partial charge on any atom is -0.512 e. The Bertz CT molecular complexity index is 441. The first-order valence-corrected chi connectivity index (χ1v) is 9.96. The molecule has 0 aliphatic heterocycles. The van der Waals surface area contributed by atoms with E-state index in [1.165, 1.54) is 44.9 Å². The zero-order valence-electron chi connectivity index (χ0n) is 15.1. The molecule has 0 bridgehead atoms. The van der Waals surface area contributed by atoms with Crippen molar-refractivity contribution in [1.29, 1.82) is 0 Å². The Labute approximate surface area is 150 Å². The van der Waals surface area contributed by atoms with Crippen LogP contribution in [-0.2, 0) is 4.79 Å². The van der Waals surface area contributed by atoms with Gasteiger partial charge in [-0.2, -0.15) is 0 Å². The van der Waals surface area contributed by atoms with Gasteiger partial charge < -0.3 is 20.4 Å². The molecule has 144 valence electrons. The van der Waals surface area contributed by atoms with Crippen LogP contribution in [0.2, 0.25) is 0 Å². The molecule has 5 nitrogen and oxygen atoms in total. The first-order chi connectivity index (χ1) is 12.0. The van der Waals surface area contributed by atoms with Crippen LogP contribution in [0.1, 0.15) is 77.0 Å². The topological polar surface area (TPSA) is 98.0 Å². The SMILES string of the molecule is O=C(O)C[C@@H]1[C@@H](C(O)=CCCCCCCC2CCCC2)[C@H](O)C[C@@H]1O. The standard InChI is InChI=1S/C20H34O5/c21-16(20-15(12-19(24)25)17(22)13-18(20)23)11-5-3-1-2-4-8-14-9-6-7-10-14/h11,14-15,17-18,20-23H,1-10,12-13H2,(H,24,25)/t15-,17-,18+,20-/m0/s1. The number of unbranched alkanes of at least 4 members (excludes halogenated alkanes) is 4. The molecule has 0 saturated heterocycles. The molecule has 0 aromatic heterocycles. The number of rotatable bonds is 10. The van der Waals surface area contributed by atoms with Crippen LogP contribution in [0, 0.1) is 17.8 Å². The lowest BCUT2D eigenvalue weighted by Crippen LogP contribution is -2.26. The van der Waals surface area contributed by atoms with Gasteiger partial charge in [-0.3, -0.25) is 4.79 Å². The van der Waals surface area contributed by atoms with Crippen LogP contribution in [0.3, 0.4) is 0 Å². The smallest absolute Gasteiger partial charge is 0.303 e. The van der Waals surface area contributed by atoms with Gasteiger partial charge >= 0.3 is 5.97 Å². The molecule has 4 atom stereocenters. The van der Waals surface area contributed by atoms with Crippen LogP contribution in [0.4, 0.5) is 0 Å². The van der Waals surface area contributed by atoms with E-state index in [0.717, 1.165) is 25.2 Å². The van der Waals surface area contributed by atoms with E-state index in [9.17, 15) is 20.1 Å². The Morgan fingerprint density at radius 3 is 2.32 bits per heavy atom. The van der Waals surface area contributed by atoms with E-state index < -0.39 is 30.0 Å². The molecular formula is C20H34O5. The summed E-state index contributed by atoms with van der Waals surface area (Å²) in [5, 5.41) is 39.2. The van der Waals surface area contributed by atoms with Gasteiger partial charge in [-0.25, -0.2) is 0 Å². The van der Waals surface area contributed by atoms with Crippen molar-refractivity contribution in [3.63, 3.8) is 0 Å². The summed E-state index contributed by atoms with van der Waals surface area (Å²) in [4.78, 5) is 10.9. The third kappa shape index (κ3) is 6.30. The van der Waals surface area contributed by atoms with Crippen molar-refractivity contribution in [2.75, 3.05) is 0 Å². The van der Waals surface area contributed by atoms with Crippen molar-refractivity contribution >= 4 is 5.97 Å². The summed E-state index contributed by atoms with van der Waals surface area (Å²) in [5.74, 6) is -1.30. The van der Waals surface area contributed by atoms with Crippen LogP contribution in [0.25, 0.3) is 0 Å². The van der Waals surface area contributed by atoms with Gasteiger partial charge in [0.2, 0.25) is 0 Å². The second-order valence-electron chi connectivity index (χ2n) is 7.93. The molecule has 0 aromatic rings. The summed E-state index contributed by atoms with van der Waals surface area (Å²) < 4.78 is 0. The van der Waals surface area contributed by atoms with Gasteiger partial charge in [0, 0.05) is 18.3 Å². The number of aliphatic hydroxyl groups is 3. The highest BCUT2D eigenvalue weighted by Gasteiger charge is 2.44. The molecule has 25 heavy (non-hydrogen) atoms. The number of aliphatic hydroxyl groups excluding tert-OH is 3. The molecular weight excluding hydrogens is 320 g/mol. The van der Waals surface area contributed by atoms with Gasteiger partial charge in [-0.05, 0) is 24.8 Å². The number of carbonyl (C=O) groups is 1. The normalized spacial score (nSPS) is 30.9. The maximum absolute atomic E-state index is 10.9. The molecule has 0 heterocycles. The molecule has 2 rings (SSSR count). The van der Waals surface area contributed by atoms with Crippen LogP contribution in [-0.4, -0.2) is 38.6 Å². The Kier molecular flexibility index (Phi) is 8.24. The fourth-order valence-electron chi connectivity index (χ4n) is 4.59. The van der Waals surface area contributed by atoms with Crippen molar-refractivity contribution in [2.45, 2.75) is 89.3 Å². The number of allylic oxidation sites excluding steroid dienone is 1. The summed E-state index contributed by atoms with van der Waals surface area (Å²) in [6, 6.07) is 0. The van der Waals surface area contributed by atoms with E-state index in [4.69, 9.17) is 5.11 Å². The molecule has 2 aliphatic rings. The van der Waals surface area contributed by atoms with E-state index in [1.54, 1.807) is 6.08 Å². The summed E-state index contributed by atoms with van der Waals surface area (Å²) in [5.41, 5.74) is 0. The molecule has 0 unspecified atom stereocenters. The largest absolute Gasteiger partial charge is 0.512 e. The second kappa shape index (κ2) is 10.2. The van der Waals surface area contributed by atoms with Crippen LogP contribution in [0.5, 0.6) is 0 Å². The number of hydrogen-bond donors (Lipinski definition) is 4. The van der Waals surface area contributed by atoms with E-state index in [1.807, 2.05) is 0 Å². The highest BCUT2D eigenvalue weighted by molar-refractivity contribution is 5.67. The third-order valence-corrected chi connectivity index (χ3v) is 6.00. The molecule has 2 saturated carbocycles. The van der Waals surface area contributed by atoms with Crippen molar-refractivity contribution in [3.05, 3.63) is 11.8 Å². The molecule has 0 spiro atoms. The highest BCUT2D eigenvalue weighted by atomic mass is 16.4. The monoisotopic (exact) mass is 354 g/mol. The van der Waals surface area contributed by atoms with Gasteiger partial charge in [0.1, 0.15) is 0 Å². The predicted molar refractivity (Wildman–Crippen MR) is 96.2 cm³/mol. The van der Waals surface area contributed by atoms with Crippen molar-refractivity contribution in [1.82, 2.24) is 0 Å². The lowest BCUT2D eigenvalue weighted by molar-refractivity contribution is -0.139. The maximum atomic E-state index is 10.9. The van der Waals surface area contributed by atoms with Crippen molar-refractivity contribution in [2.24, 2.45) is 17.8 Å². The fourth-order valence-corrected chi connectivity index (χ4v) is 4.59. The minimum atomic E-state index is -1.02. The van der Waals surface area contributed by atoms with E-state index in [2.05, 4.69) is 0 Å². The van der Waals surface area contributed by atoms with Gasteiger partial charge in [0.15, 0.2) is 0 Å². The highest BCUT2D eigenvalue weighted by Crippen LogP contribution is 2.39. The van der Waals surface area contributed by atoms with Gasteiger partial charge in [-0.1, -0.05) is 51.4 Å². The Morgan fingerprint density at radius 2 is 1.64 bits per heavy atom. The lowest BCUT2D eigenvalue weighted by atomic mass is 9.88. The van der Waals surface area contributed by atoms with Crippen LogP contribution in [0.15, 0.2) is 11.8 Å². The van der Waals surface area contributed by atoms with Crippen LogP contribution >= 0.6 is 0 Å². The van der Waals surface area contributed by atoms with E-state index >= 15 is 0 Å². The Hall–Kier alpha value is -1.07. The Balaban J connectivity index is 1.67. The molecule has 2 fully saturated rings. The van der Waals surface area contributed by atoms with E-state index in [-0.39, 0.29) is 18.6 Å². The quantitative estimate of drug-likeness (QED) is 0.353. The average molecular weight is 354 g/mol. The molecule has 0 amide bonds. The van der Waals surface area contributed by atoms with Gasteiger partial charge in [0.05, 0.1) is 24.4 Å². The maximum Gasteiger partial charge on any atom is 0.303 e. The number of carboxylic acids is 1. The number of carboxylic acid groups (broad SMARTS) is 1. The zero-order chi connectivity index (χ0) is 18.2. The molecule has 4 N–H and O–H groups in total. The molecule has 0 aromatic carbocycles. The van der Waals surface area contributed by atoms with E-state index in [0.29, 0.717) is 0 Å². The summed E-state index contributed by atoms with van der Waals surface area (Å²) in [6.07, 6.45) is 12.2. The molecule has 0 radical (unpaired) electrons. The fraction of sp³-hybridized carbons (Fsp3) is 0.850.